The van der Waals surface area contributed by atoms with Crippen LogP contribution in [0.2, 0.25) is 0 Å². The second-order valence-electron chi connectivity index (χ2n) is 6.14. The predicted molar refractivity (Wildman–Crippen MR) is 91.8 cm³/mol. The molecule has 1 aromatic carbocycles. The third-order valence-electron chi connectivity index (χ3n) is 3.48. The number of ether oxygens (including phenoxy) is 1. The molecule has 2 rings (SSSR count). The van der Waals surface area contributed by atoms with Crippen LogP contribution in [0.4, 0.5) is 4.79 Å². The predicted octanol–water partition coefficient (Wildman–Crippen LogP) is 1.25. The van der Waals surface area contributed by atoms with Gasteiger partial charge in [0.15, 0.2) is 0 Å². The summed E-state index contributed by atoms with van der Waals surface area (Å²) in [5.74, 6) is 0.0942. The zero-order chi connectivity index (χ0) is 17.2. The maximum atomic E-state index is 12.1. The largest absolute Gasteiger partial charge is 1.00 e. The third kappa shape index (κ3) is 7.55. The van der Waals surface area contributed by atoms with E-state index in [-0.39, 0.29) is 43.3 Å². The minimum absolute atomic E-state index is 0. The molecule has 1 aromatic rings. The number of carbonyl (C=O) groups is 2. The van der Waals surface area contributed by atoms with Gasteiger partial charge in [-0.15, -0.1) is 0 Å². The van der Waals surface area contributed by atoms with Gasteiger partial charge in [0.1, 0.15) is 6.61 Å². The van der Waals surface area contributed by atoms with Crippen LogP contribution in [-0.2, 0) is 16.0 Å². The van der Waals surface area contributed by atoms with Crippen LogP contribution in [0.1, 0.15) is 45.6 Å². The summed E-state index contributed by atoms with van der Waals surface area (Å²) < 4.78 is 5.02. The fraction of sp³-hybridized carbons (Fsp3) is 0.526. The Hall–Kier alpha value is -1.24. The van der Waals surface area contributed by atoms with E-state index >= 15 is 0 Å². The second kappa shape index (κ2) is 12.2. The van der Waals surface area contributed by atoms with Crippen molar-refractivity contribution in [3.63, 3.8) is 0 Å². The van der Waals surface area contributed by atoms with Gasteiger partial charge < -0.3 is 11.7 Å². The standard InChI is InChI=1S/C15H19NO3.C4H9.Li/c1-11(2)8-14(17)16-13(10-19-15(16)18)9-12-6-4-3-5-7-12;1-3-4-2;/h3-7,11,13H,8-10H2,1-2H3;1,3-4H2,2H3;/q;-1;+1. The number of hydrogen-bond acceptors (Lipinski definition) is 3. The molecular formula is C19H28LiNO3. The first-order valence-electron chi connectivity index (χ1n) is 8.31. The molecule has 0 spiro atoms. The number of rotatable bonds is 5. The monoisotopic (exact) mass is 325 g/mol. The summed E-state index contributed by atoms with van der Waals surface area (Å²) in [5, 5.41) is 0. The van der Waals surface area contributed by atoms with Crippen LogP contribution < -0.4 is 18.9 Å². The van der Waals surface area contributed by atoms with E-state index in [4.69, 9.17) is 4.74 Å². The first-order valence-corrected chi connectivity index (χ1v) is 8.31. The van der Waals surface area contributed by atoms with Crippen LogP contribution in [0.5, 0.6) is 0 Å². The van der Waals surface area contributed by atoms with Gasteiger partial charge in [-0.3, -0.25) is 4.79 Å². The van der Waals surface area contributed by atoms with E-state index in [0.29, 0.717) is 12.8 Å². The maximum absolute atomic E-state index is 12.1. The molecule has 1 aliphatic rings. The summed E-state index contributed by atoms with van der Waals surface area (Å²) in [5.41, 5.74) is 1.10. The molecule has 1 unspecified atom stereocenters. The van der Waals surface area contributed by atoms with Crippen LogP contribution in [0.15, 0.2) is 30.3 Å². The average Bonchev–Trinajstić information content (AvgIpc) is 2.88. The van der Waals surface area contributed by atoms with Crippen molar-refractivity contribution in [1.29, 1.82) is 0 Å². The summed E-state index contributed by atoms with van der Waals surface area (Å²) in [6.07, 6.45) is 2.79. The van der Waals surface area contributed by atoms with Crippen LogP contribution in [0.3, 0.4) is 0 Å². The summed E-state index contributed by atoms with van der Waals surface area (Å²) in [4.78, 5) is 25.1. The van der Waals surface area contributed by atoms with E-state index in [1.165, 1.54) is 11.3 Å². The SMILES string of the molecule is CC(C)CC(=O)N1C(=O)OCC1Cc1ccccc1.[CH2-]CCC.[Li+]. The molecule has 0 aliphatic carbocycles. The molecule has 1 saturated heterocycles. The van der Waals surface area contributed by atoms with Crippen LogP contribution >= 0.6 is 0 Å². The molecule has 1 atom stereocenters. The Morgan fingerprint density at radius 2 is 1.92 bits per heavy atom. The number of amides is 2. The van der Waals surface area contributed by atoms with Crippen molar-refractivity contribution in [2.24, 2.45) is 5.92 Å². The van der Waals surface area contributed by atoms with Gasteiger partial charge in [0, 0.05) is 6.42 Å². The van der Waals surface area contributed by atoms with Gasteiger partial charge in [-0.2, -0.15) is 6.42 Å². The topological polar surface area (TPSA) is 46.6 Å². The zero-order valence-electron chi connectivity index (χ0n) is 15.5. The summed E-state index contributed by atoms with van der Waals surface area (Å²) >= 11 is 0. The Morgan fingerprint density at radius 3 is 2.42 bits per heavy atom. The first-order chi connectivity index (χ1) is 11.0. The third-order valence-corrected chi connectivity index (χ3v) is 3.48. The molecule has 2 amide bonds. The number of unbranched alkanes of at least 4 members (excludes halogenated alkanes) is 1. The van der Waals surface area contributed by atoms with E-state index in [9.17, 15) is 9.59 Å². The van der Waals surface area contributed by atoms with E-state index < -0.39 is 6.09 Å². The maximum Gasteiger partial charge on any atom is 1.00 e. The van der Waals surface area contributed by atoms with Gasteiger partial charge >= 0.3 is 25.0 Å². The van der Waals surface area contributed by atoms with Crippen LogP contribution in [-0.4, -0.2) is 29.5 Å². The van der Waals surface area contributed by atoms with Gasteiger partial charge in [-0.1, -0.05) is 57.5 Å². The van der Waals surface area contributed by atoms with Gasteiger partial charge in [0.25, 0.3) is 0 Å². The van der Waals surface area contributed by atoms with E-state index in [0.717, 1.165) is 12.0 Å². The number of cyclic esters (lactones) is 1. The van der Waals surface area contributed by atoms with E-state index in [1.54, 1.807) is 0 Å². The average molecular weight is 325 g/mol. The van der Waals surface area contributed by atoms with Gasteiger partial charge in [-0.05, 0) is 17.9 Å². The fourth-order valence-electron chi connectivity index (χ4n) is 2.25. The number of nitrogens with zero attached hydrogens (tertiary/aromatic N) is 1. The minimum Gasteiger partial charge on any atom is -0.447 e. The summed E-state index contributed by atoms with van der Waals surface area (Å²) in [6.45, 7) is 9.94. The molecule has 24 heavy (non-hydrogen) atoms. The molecule has 1 aliphatic heterocycles. The molecule has 1 fully saturated rings. The normalized spacial score (nSPS) is 16.1. The number of carbonyl (C=O) groups excluding carboxylic acids is 2. The molecule has 128 valence electrons. The zero-order valence-corrected chi connectivity index (χ0v) is 15.5. The van der Waals surface area contributed by atoms with E-state index in [1.807, 2.05) is 44.2 Å². The number of imide groups is 1. The molecule has 0 N–H and O–H groups in total. The molecule has 0 radical (unpaired) electrons. The van der Waals surface area contributed by atoms with Crippen molar-refractivity contribution in [3.8, 4) is 0 Å². The molecule has 4 nitrogen and oxygen atoms in total. The first kappa shape index (κ1) is 22.8. The Balaban J connectivity index is 0.000000954. The Kier molecular flexibility index (Phi) is 11.5. The molecule has 0 saturated carbocycles. The summed E-state index contributed by atoms with van der Waals surface area (Å²) in [7, 11) is 0. The summed E-state index contributed by atoms with van der Waals surface area (Å²) in [6, 6.07) is 9.66. The Bertz CT molecular complexity index is 489. The Morgan fingerprint density at radius 1 is 1.33 bits per heavy atom. The van der Waals surface area contributed by atoms with E-state index in [2.05, 4.69) is 13.8 Å². The van der Waals surface area contributed by atoms with Crippen molar-refractivity contribution in [2.45, 2.75) is 52.5 Å². The molecule has 1 heterocycles. The van der Waals surface area contributed by atoms with Crippen LogP contribution in [0.25, 0.3) is 0 Å². The van der Waals surface area contributed by atoms with Gasteiger partial charge in [0.05, 0.1) is 6.04 Å². The smallest absolute Gasteiger partial charge is 0.447 e. The number of hydrogen-bond donors (Lipinski definition) is 0. The molecule has 0 aromatic heterocycles. The quantitative estimate of drug-likeness (QED) is 0.605. The van der Waals surface area contributed by atoms with Crippen LogP contribution in [0, 0.1) is 12.8 Å². The molecular weight excluding hydrogens is 297 g/mol. The second-order valence-corrected chi connectivity index (χ2v) is 6.14. The van der Waals surface area contributed by atoms with Crippen molar-refractivity contribution in [3.05, 3.63) is 42.8 Å². The number of benzene rings is 1. The van der Waals surface area contributed by atoms with Gasteiger partial charge in [0.2, 0.25) is 5.91 Å². The molecule has 5 heteroatoms. The fourth-order valence-corrected chi connectivity index (χ4v) is 2.25. The minimum atomic E-state index is -0.508. The van der Waals surface area contributed by atoms with Gasteiger partial charge in [-0.25, -0.2) is 9.69 Å². The van der Waals surface area contributed by atoms with Crippen molar-refractivity contribution >= 4 is 12.0 Å². The molecule has 0 bridgehead atoms. The van der Waals surface area contributed by atoms with Crippen molar-refractivity contribution in [2.75, 3.05) is 6.61 Å². The Labute approximate surface area is 158 Å². The van der Waals surface area contributed by atoms with Crippen molar-refractivity contribution < 1.29 is 33.2 Å². The van der Waals surface area contributed by atoms with Crippen molar-refractivity contribution in [1.82, 2.24) is 4.90 Å².